The molecule has 2 aromatic carbocycles. The molecule has 0 bridgehead atoms. The van der Waals surface area contributed by atoms with E-state index >= 15 is 0 Å². The van der Waals surface area contributed by atoms with Crippen LogP contribution in [0.15, 0.2) is 42.5 Å². The maximum Gasteiger partial charge on any atom is 0.262 e. The molecule has 6 heteroatoms. The van der Waals surface area contributed by atoms with Gasteiger partial charge in [0.1, 0.15) is 5.75 Å². The third kappa shape index (κ3) is 6.16. The Morgan fingerprint density at radius 2 is 1.68 bits per heavy atom. The monoisotopic (exact) mass is 386 g/mol. The van der Waals surface area contributed by atoms with Gasteiger partial charge < -0.3 is 24.4 Å². The summed E-state index contributed by atoms with van der Waals surface area (Å²) in [5.74, 6) is 1.98. The molecule has 28 heavy (non-hydrogen) atoms. The molecule has 152 valence electrons. The van der Waals surface area contributed by atoms with Gasteiger partial charge in [-0.3, -0.25) is 4.79 Å². The van der Waals surface area contributed by atoms with Crippen LogP contribution in [0, 0.1) is 0 Å². The smallest absolute Gasteiger partial charge is 0.262 e. The first-order valence-corrected chi connectivity index (χ1v) is 9.41. The zero-order chi connectivity index (χ0) is 20.5. The van der Waals surface area contributed by atoms with Crippen LogP contribution in [0.1, 0.15) is 25.0 Å². The van der Waals surface area contributed by atoms with E-state index in [4.69, 9.17) is 14.2 Å². The van der Waals surface area contributed by atoms with Crippen LogP contribution >= 0.6 is 0 Å². The number of amides is 1. The molecular weight excluding hydrogens is 356 g/mol. The lowest BCUT2D eigenvalue weighted by Crippen LogP contribution is -2.35. The van der Waals surface area contributed by atoms with Crippen molar-refractivity contribution in [3.63, 3.8) is 0 Å². The Kier molecular flexibility index (Phi) is 8.14. The molecule has 0 saturated carbocycles. The minimum absolute atomic E-state index is 0.0901. The number of ether oxygens (including phenoxy) is 3. The third-order valence-electron chi connectivity index (χ3n) is 4.22. The normalized spacial score (nSPS) is 11.6. The van der Waals surface area contributed by atoms with E-state index in [9.17, 15) is 4.79 Å². The number of rotatable bonds is 10. The Morgan fingerprint density at radius 3 is 2.29 bits per heavy atom. The van der Waals surface area contributed by atoms with E-state index in [2.05, 4.69) is 5.32 Å². The first-order valence-electron chi connectivity index (χ1n) is 9.41. The number of methoxy groups -OCH3 is 1. The first kappa shape index (κ1) is 21.6. The van der Waals surface area contributed by atoms with E-state index in [0.29, 0.717) is 24.7 Å². The van der Waals surface area contributed by atoms with Gasteiger partial charge in [0, 0.05) is 27.2 Å². The van der Waals surface area contributed by atoms with Gasteiger partial charge in [-0.05, 0) is 49.2 Å². The number of nitrogens with one attached hydrogen (secondary N) is 1. The van der Waals surface area contributed by atoms with E-state index in [-0.39, 0.29) is 5.91 Å². The molecule has 0 radical (unpaired) electrons. The second kappa shape index (κ2) is 10.6. The fourth-order valence-electron chi connectivity index (χ4n) is 2.73. The maximum absolute atomic E-state index is 12.0. The van der Waals surface area contributed by atoms with Crippen molar-refractivity contribution in [2.24, 2.45) is 0 Å². The summed E-state index contributed by atoms with van der Waals surface area (Å²) in [7, 11) is 5.08. The minimum atomic E-state index is -0.576. The molecule has 0 aliphatic heterocycles. The Morgan fingerprint density at radius 1 is 1.04 bits per heavy atom. The standard InChI is InChI=1S/C22H30N2O4/c1-6-27-21-13-18(9-12-20(21)28-16(2)22(25)24(3)4)15-23-14-17-7-10-19(26-5)11-8-17/h7-13,16,23H,6,14-15H2,1-5H3. The highest BCUT2D eigenvalue weighted by atomic mass is 16.5. The van der Waals surface area contributed by atoms with Gasteiger partial charge in [0.15, 0.2) is 17.6 Å². The van der Waals surface area contributed by atoms with Gasteiger partial charge in [-0.15, -0.1) is 0 Å². The van der Waals surface area contributed by atoms with Gasteiger partial charge in [-0.1, -0.05) is 18.2 Å². The molecule has 0 spiro atoms. The molecule has 1 atom stereocenters. The summed E-state index contributed by atoms with van der Waals surface area (Å²) < 4.78 is 16.7. The van der Waals surface area contributed by atoms with Crippen molar-refractivity contribution < 1.29 is 19.0 Å². The fraction of sp³-hybridized carbons (Fsp3) is 0.409. The van der Waals surface area contributed by atoms with Crippen LogP contribution in [-0.4, -0.2) is 44.7 Å². The van der Waals surface area contributed by atoms with Gasteiger partial charge in [0.2, 0.25) is 0 Å². The van der Waals surface area contributed by atoms with E-state index in [1.807, 2.05) is 49.4 Å². The van der Waals surface area contributed by atoms with Crippen LogP contribution in [0.3, 0.4) is 0 Å². The summed E-state index contributed by atoms with van der Waals surface area (Å²) in [5, 5.41) is 3.42. The van der Waals surface area contributed by atoms with Crippen LogP contribution < -0.4 is 19.5 Å². The second-order valence-corrected chi connectivity index (χ2v) is 6.66. The van der Waals surface area contributed by atoms with Gasteiger partial charge in [-0.25, -0.2) is 0 Å². The average molecular weight is 386 g/mol. The lowest BCUT2D eigenvalue weighted by atomic mass is 10.1. The SMILES string of the molecule is CCOc1cc(CNCc2ccc(OC)cc2)ccc1OC(C)C(=O)N(C)C. The maximum atomic E-state index is 12.0. The van der Waals surface area contributed by atoms with Crippen LogP contribution in [-0.2, 0) is 17.9 Å². The molecule has 1 N–H and O–H groups in total. The minimum Gasteiger partial charge on any atom is -0.497 e. The molecular formula is C22H30N2O4. The molecule has 2 rings (SSSR count). The van der Waals surface area contributed by atoms with Crippen molar-refractivity contribution >= 4 is 5.91 Å². The highest BCUT2D eigenvalue weighted by Crippen LogP contribution is 2.29. The van der Waals surface area contributed by atoms with E-state index < -0.39 is 6.10 Å². The summed E-state index contributed by atoms with van der Waals surface area (Å²) >= 11 is 0. The Bertz CT molecular complexity index is 760. The average Bonchev–Trinajstić information content (AvgIpc) is 2.69. The van der Waals surface area contributed by atoms with Gasteiger partial charge in [-0.2, -0.15) is 0 Å². The van der Waals surface area contributed by atoms with Crippen molar-refractivity contribution in [1.29, 1.82) is 0 Å². The zero-order valence-corrected chi connectivity index (χ0v) is 17.3. The molecule has 0 heterocycles. The number of carbonyl (C=O) groups is 1. The molecule has 0 fully saturated rings. The molecule has 0 aromatic heterocycles. The van der Waals surface area contributed by atoms with Crippen LogP contribution in [0.25, 0.3) is 0 Å². The van der Waals surface area contributed by atoms with Crippen molar-refractivity contribution in [2.45, 2.75) is 33.0 Å². The lowest BCUT2D eigenvalue weighted by molar-refractivity contribution is -0.135. The van der Waals surface area contributed by atoms with Crippen LogP contribution in [0.4, 0.5) is 0 Å². The van der Waals surface area contributed by atoms with Crippen molar-refractivity contribution in [1.82, 2.24) is 10.2 Å². The summed E-state index contributed by atoms with van der Waals surface area (Å²) in [6.07, 6.45) is -0.576. The Balaban J connectivity index is 1.99. The summed E-state index contributed by atoms with van der Waals surface area (Å²) in [4.78, 5) is 13.6. The molecule has 6 nitrogen and oxygen atoms in total. The van der Waals surface area contributed by atoms with E-state index in [1.165, 1.54) is 10.5 Å². The molecule has 0 saturated heterocycles. The Hall–Kier alpha value is -2.73. The summed E-state index contributed by atoms with van der Waals surface area (Å²) in [6.45, 7) is 5.63. The molecule has 1 unspecified atom stereocenters. The molecule has 2 aromatic rings. The second-order valence-electron chi connectivity index (χ2n) is 6.66. The van der Waals surface area contributed by atoms with Crippen molar-refractivity contribution in [3.05, 3.63) is 53.6 Å². The largest absolute Gasteiger partial charge is 0.497 e. The lowest BCUT2D eigenvalue weighted by Gasteiger charge is -2.20. The number of hydrogen-bond donors (Lipinski definition) is 1. The van der Waals surface area contributed by atoms with Crippen LogP contribution in [0.2, 0.25) is 0 Å². The predicted octanol–water partition coefficient (Wildman–Crippen LogP) is 3.24. The van der Waals surface area contributed by atoms with Crippen LogP contribution in [0.5, 0.6) is 17.2 Å². The molecule has 1 amide bonds. The van der Waals surface area contributed by atoms with Crippen molar-refractivity contribution in [3.8, 4) is 17.2 Å². The molecule has 0 aliphatic carbocycles. The van der Waals surface area contributed by atoms with Gasteiger partial charge in [0.25, 0.3) is 5.91 Å². The predicted molar refractivity (Wildman–Crippen MR) is 110 cm³/mol. The number of hydrogen-bond acceptors (Lipinski definition) is 5. The summed E-state index contributed by atoms with van der Waals surface area (Å²) in [5.41, 5.74) is 2.26. The Labute approximate surface area is 167 Å². The molecule has 0 aliphatic rings. The van der Waals surface area contributed by atoms with E-state index in [0.717, 1.165) is 17.9 Å². The zero-order valence-electron chi connectivity index (χ0n) is 17.3. The summed E-state index contributed by atoms with van der Waals surface area (Å²) in [6, 6.07) is 13.8. The van der Waals surface area contributed by atoms with Gasteiger partial charge in [0.05, 0.1) is 13.7 Å². The van der Waals surface area contributed by atoms with Crippen molar-refractivity contribution in [2.75, 3.05) is 27.8 Å². The number of nitrogens with zero attached hydrogens (tertiary/aromatic N) is 1. The highest BCUT2D eigenvalue weighted by molar-refractivity contribution is 5.80. The highest BCUT2D eigenvalue weighted by Gasteiger charge is 2.18. The fourth-order valence-corrected chi connectivity index (χ4v) is 2.73. The number of likely N-dealkylation sites (N-methyl/N-ethyl adjacent to an activating group) is 1. The van der Waals surface area contributed by atoms with Gasteiger partial charge >= 0.3 is 0 Å². The first-order chi connectivity index (χ1) is 13.4. The third-order valence-corrected chi connectivity index (χ3v) is 4.22. The quantitative estimate of drug-likeness (QED) is 0.679. The number of carbonyl (C=O) groups excluding carboxylic acids is 1. The van der Waals surface area contributed by atoms with E-state index in [1.54, 1.807) is 28.1 Å². The topological polar surface area (TPSA) is 60.0 Å². The number of benzene rings is 2.